The van der Waals surface area contributed by atoms with E-state index in [1.807, 2.05) is 12.1 Å². The van der Waals surface area contributed by atoms with Crippen LogP contribution in [0.2, 0.25) is 0 Å². The number of aromatic nitrogens is 4. The monoisotopic (exact) mass is 750 g/mol. The van der Waals surface area contributed by atoms with Crippen LogP contribution in [0.4, 0.5) is 0 Å². The number of fused-ring (bicyclic) bond motifs is 6. The van der Waals surface area contributed by atoms with Crippen LogP contribution in [0.3, 0.4) is 0 Å². The third kappa shape index (κ3) is 5.66. The highest BCUT2D eigenvalue weighted by molar-refractivity contribution is 7.26. The number of hydrogen-bond donors (Lipinski definition) is 0. The molecular weight excluding hydrogens is 721 g/mol. The van der Waals surface area contributed by atoms with Crippen LogP contribution in [0.15, 0.2) is 182 Å². The van der Waals surface area contributed by atoms with Gasteiger partial charge in [0.1, 0.15) is 0 Å². The Morgan fingerprint density at radius 2 is 0.679 bits per heavy atom. The highest BCUT2D eigenvalue weighted by Gasteiger charge is 2.20. The molecule has 0 unspecified atom stereocenters. The average molecular weight is 751 g/mol. The Bertz CT molecular complexity index is 3220. The van der Waals surface area contributed by atoms with Gasteiger partial charge in [0.05, 0.1) is 31.8 Å². The van der Waals surface area contributed by atoms with Crippen LogP contribution in [-0.2, 0) is 0 Å². The van der Waals surface area contributed by atoms with Crippen molar-refractivity contribution in [1.82, 2.24) is 19.9 Å². The maximum absolute atomic E-state index is 5.34. The van der Waals surface area contributed by atoms with E-state index in [1.54, 1.807) is 22.7 Å². The zero-order chi connectivity index (χ0) is 37.0. The summed E-state index contributed by atoms with van der Waals surface area (Å²) < 4.78 is 4.53. The molecule has 0 aliphatic heterocycles. The van der Waals surface area contributed by atoms with Crippen LogP contribution in [0.5, 0.6) is 0 Å². The van der Waals surface area contributed by atoms with Crippen LogP contribution in [0, 0.1) is 0 Å². The van der Waals surface area contributed by atoms with Gasteiger partial charge in [-0.05, 0) is 40.5 Å². The summed E-state index contributed by atoms with van der Waals surface area (Å²) in [7, 11) is 0. The third-order valence-electron chi connectivity index (χ3n) is 10.3. The van der Waals surface area contributed by atoms with E-state index in [9.17, 15) is 0 Å². The molecule has 0 aliphatic rings. The van der Waals surface area contributed by atoms with Gasteiger partial charge < -0.3 is 0 Å². The van der Waals surface area contributed by atoms with E-state index >= 15 is 0 Å². The molecule has 0 spiro atoms. The zero-order valence-corrected chi connectivity index (χ0v) is 31.6. The minimum Gasteiger partial charge on any atom is -0.226 e. The second-order valence-corrected chi connectivity index (χ2v) is 15.9. The van der Waals surface area contributed by atoms with Crippen molar-refractivity contribution in [3.8, 4) is 67.5 Å². The van der Waals surface area contributed by atoms with Gasteiger partial charge >= 0.3 is 0 Å². The zero-order valence-electron chi connectivity index (χ0n) is 29.9. The van der Waals surface area contributed by atoms with Crippen molar-refractivity contribution in [1.29, 1.82) is 0 Å². The molecule has 0 saturated carbocycles. The molecule has 0 N–H and O–H groups in total. The second-order valence-electron chi connectivity index (χ2n) is 13.8. The summed E-state index contributed by atoms with van der Waals surface area (Å²) in [6, 6.07) is 63.7. The summed E-state index contributed by atoms with van der Waals surface area (Å²) in [5.74, 6) is 1.38. The Labute approximate surface area is 331 Å². The smallest absolute Gasteiger partial charge is 0.160 e. The summed E-state index contributed by atoms with van der Waals surface area (Å²) in [4.78, 5) is 21.1. The van der Waals surface area contributed by atoms with E-state index in [2.05, 4.69) is 170 Å². The molecule has 0 atom stereocenters. The van der Waals surface area contributed by atoms with Gasteiger partial charge in [-0.1, -0.05) is 164 Å². The largest absolute Gasteiger partial charge is 0.226 e. The summed E-state index contributed by atoms with van der Waals surface area (Å²) in [5.41, 5.74) is 12.4. The van der Waals surface area contributed by atoms with Gasteiger partial charge in [-0.3, -0.25) is 0 Å². The van der Waals surface area contributed by atoms with Crippen molar-refractivity contribution in [2.75, 3.05) is 0 Å². The average Bonchev–Trinajstić information content (AvgIpc) is 3.85. The predicted molar refractivity (Wildman–Crippen MR) is 236 cm³/mol. The molecule has 0 aliphatic carbocycles. The summed E-state index contributed by atoms with van der Waals surface area (Å²) >= 11 is 3.49. The maximum atomic E-state index is 5.34. The molecule has 262 valence electrons. The lowest BCUT2D eigenvalue weighted by Crippen LogP contribution is -1.96. The number of thiophene rings is 2. The van der Waals surface area contributed by atoms with Crippen molar-refractivity contribution in [3.05, 3.63) is 182 Å². The molecule has 6 heteroatoms. The Hall–Kier alpha value is -6.86. The molecule has 7 aromatic carbocycles. The molecule has 11 rings (SSSR count). The molecule has 0 bridgehead atoms. The van der Waals surface area contributed by atoms with E-state index in [-0.39, 0.29) is 0 Å². The Kier molecular flexibility index (Phi) is 7.83. The first-order valence-corrected chi connectivity index (χ1v) is 20.2. The first kappa shape index (κ1) is 32.6. The van der Waals surface area contributed by atoms with Crippen LogP contribution < -0.4 is 0 Å². The molecule has 0 saturated heterocycles. The van der Waals surface area contributed by atoms with Crippen molar-refractivity contribution in [3.63, 3.8) is 0 Å². The molecule has 56 heavy (non-hydrogen) atoms. The van der Waals surface area contributed by atoms with Gasteiger partial charge in [0.25, 0.3) is 0 Å². The first-order chi connectivity index (χ1) is 27.7. The van der Waals surface area contributed by atoms with Crippen LogP contribution in [0.1, 0.15) is 0 Å². The minimum atomic E-state index is 0.684. The topological polar surface area (TPSA) is 51.6 Å². The SMILES string of the molecule is c1ccc(-c2ccc(-c3nc(-c4cccc(-c5nc(-c6ccc(-c7ccccc7)cc6)c6sc7ccccc7c6n5)c4)c4sc5ccccc5c4n3)cc2)cc1. The van der Waals surface area contributed by atoms with Crippen LogP contribution in [-0.4, -0.2) is 19.9 Å². The standard InChI is InChI=1S/C50H30N4S2/c1-3-12-31(13-4-1)33-22-26-35(27-23-33)43-47-45(39-18-7-9-20-41(39)55-47)54-50(51-43)38-17-11-16-37(30-38)44-48-46(40-19-8-10-21-42(40)56-48)53-49(52-44)36-28-24-34(25-29-36)32-14-5-2-6-15-32/h1-30H. The van der Waals surface area contributed by atoms with Crippen molar-refractivity contribution >= 4 is 63.3 Å². The van der Waals surface area contributed by atoms with Crippen LogP contribution in [0.25, 0.3) is 108 Å². The highest BCUT2D eigenvalue weighted by Crippen LogP contribution is 2.42. The quantitative estimate of drug-likeness (QED) is 0.170. The molecule has 0 fully saturated rings. The summed E-state index contributed by atoms with van der Waals surface area (Å²) in [6.45, 7) is 0. The van der Waals surface area contributed by atoms with Gasteiger partial charge in [0, 0.05) is 42.4 Å². The lowest BCUT2D eigenvalue weighted by Gasteiger charge is -2.11. The lowest BCUT2D eigenvalue weighted by molar-refractivity contribution is 1.23. The fraction of sp³-hybridized carbons (Fsp3) is 0. The highest BCUT2D eigenvalue weighted by atomic mass is 32.1. The summed E-state index contributed by atoms with van der Waals surface area (Å²) in [5, 5.41) is 2.27. The van der Waals surface area contributed by atoms with Crippen LogP contribution >= 0.6 is 22.7 Å². The number of hydrogen-bond acceptors (Lipinski definition) is 6. The van der Waals surface area contributed by atoms with E-state index in [0.29, 0.717) is 11.6 Å². The Morgan fingerprint density at radius 1 is 0.286 bits per heavy atom. The molecule has 4 nitrogen and oxygen atoms in total. The van der Waals surface area contributed by atoms with Crippen molar-refractivity contribution in [2.24, 2.45) is 0 Å². The molecule has 4 aromatic heterocycles. The van der Waals surface area contributed by atoms with Gasteiger partial charge in [-0.15, -0.1) is 22.7 Å². The molecule has 11 aromatic rings. The fourth-order valence-electron chi connectivity index (χ4n) is 7.53. The predicted octanol–water partition coefficient (Wildman–Crippen LogP) is 14.0. The fourth-order valence-corrected chi connectivity index (χ4v) is 9.84. The maximum Gasteiger partial charge on any atom is 0.160 e. The van der Waals surface area contributed by atoms with E-state index in [1.165, 1.54) is 26.1 Å². The first-order valence-electron chi connectivity index (χ1n) is 18.5. The lowest BCUT2D eigenvalue weighted by atomic mass is 10.0. The van der Waals surface area contributed by atoms with Gasteiger partial charge in [-0.25, -0.2) is 19.9 Å². The molecular formula is C50H30N4S2. The van der Waals surface area contributed by atoms with E-state index in [0.717, 1.165) is 70.4 Å². The van der Waals surface area contributed by atoms with Crippen molar-refractivity contribution < 1.29 is 0 Å². The second kappa shape index (κ2) is 13.5. The molecule has 0 amide bonds. The number of rotatable bonds is 6. The number of benzene rings is 7. The Morgan fingerprint density at radius 3 is 1.23 bits per heavy atom. The minimum absolute atomic E-state index is 0.684. The Balaban J connectivity index is 1.07. The van der Waals surface area contributed by atoms with E-state index in [4.69, 9.17) is 19.9 Å². The van der Waals surface area contributed by atoms with Gasteiger partial charge in [0.15, 0.2) is 11.6 Å². The molecule has 0 radical (unpaired) electrons. The van der Waals surface area contributed by atoms with Gasteiger partial charge in [-0.2, -0.15) is 0 Å². The van der Waals surface area contributed by atoms with E-state index < -0.39 is 0 Å². The van der Waals surface area contributed by atoms with Gasteiger partial charge in [0.2, 0.25) is 0 Å². The summed E-state index contributed by atoms with van der Waals surface area (Å²) in [6.07, 6.45) is 0. The normalized spacial score (nSPS) is 11.6. The van der Waals surface area contributed by atoms with Crippen molar-refractivity contribution in [2.45, 2.75) is 0 Å². The molecule has 4 heterocycles. The number of nitrogens with zero attached hydrogens (tertiary/aromatic N) is 4. The third-order valence-corrected chi connectivity index (χ3v) is 12.7.